The summed E-state index contributed by atoms with van der Waals surface area (Å²) in [4.78, 5) is 25.1. The lowest BCUT2D eigenvalue weighted by atomic mass is 9.55. The number of ketones is 1. The van der Waals surface area contributed by atoms with Gasteiger partial charge in [-0.15, -0.1) is 0 Å². The highest BCUT2D eigenvalue weighted by Crippen LogP contribution is 2.60. The van der Waals surface area contributed by atoms with Crippen molar-refractivity contribution in [1.29, 1.82) is 0 Å². The van der Waals surface area contributed by atoms with Crippen molar-refractivity contribution in [1.82, 2.24) is 4.90 Å². The van der Waals surface area contributed by atoms with E-state index in [0.717, 1.165) is 30.9 Å². The molecule has 0 aromatic heterocycles. The summed E-state index contributed by atoms with van der Waals surface area (Å²) in [5.41, 5.74) is 2.29. The van der Waals surface area contributed by atoms with Crippen LogP contribution in [0.5, 0.6) is 11.5 Å². The Labute approximate surface area is 178 Å². The van der Waals surface area contributed by atoms with Crippen LogP contribution in [0.25, 0.3) is 0 Å². The monoisotopic (exact) mass is 419 g/mol. The van der Waals surface area contributed by atoms with E-state index in [-0.39, 0.29) is 17.3 Å². The smallest absolute Gasteiger partial charge is 0.493 e. The minimum Gasteiger partial charge on any atom is -0.493 e. The molecule has 2 aliphatic heterocycles. The third-order valence-electron chi connectivity index (χ3n) is 6.96. The number of hydrogen-bond acceptors (Lipinski definition) is 7. The molecular formula is C23H33NO6. The van der Waals surface area contributed by atoms with Crippen LogP contribution in [0.15, 0.2) is 12.1 Å². The van der Waals surface area contributed by atoms with E-state index in [1.807, 2.05) is 6.07 Å². The van der Waals surface area contributed by atoms with E-state index in [0.29, 0.717) is 25.0 Å². The summed E-state index contributed by atoms with van der Waals surface area (Å²) in [5.74, 6) is 2.29. The molecule has 1 unspecified atom stereocenters. The Bertz CT molecular complexity index is 809. The third kappa shape index (κ3) is 3.53. The van der Waals surface area contributed by atoms with E-state index in [2.05, 4.69) is 41.3 Å². The summed E-state index contributed by atoms with van der Waals surface area (Å²) in [6.07, 6.45) is 1.62. The number of carbonyl (C=O) groups excluding carboxylic acids is 2. The van der Waals surface area contributed by atoms with Crippen molar-refractivity contribution in [3.05, 3.63) is 23.3 Å². The van der Waals surface area contributed by atoms with Gasteiger partial charge in [0.25, 0.3) is 0 Å². The summed E-state index contributed by atoms with van der Waals surface area (Å²) >= 11 is 0. The average molecular weight is 420 g/mol. The molecule has 0 N–H and O–H groups in total. The Hall–Kier alpha value is -2.28. The van der Waals surface area contributed by atoms with Crippen molar-refractivity contribution < 1.29 is 28.5 Å². The minimum atomic E-state index is -0.623. The number of aryl methyl sites for hydroxylation is 1. The van der Waals surface area contributed by atoms with Gasteiger partial charge in [-0.2, -0.15) is 0 Å². The van der Waals surface area contributed by atoms with Crippen molar-refractivity contribution in [2.45, 2.75) is 57.6 Å². The molecule has 3 aliphatic rings. The second-order valence-electron chi connectivity index (χ2n) is 8.30. The molecule has 1 spiro atoms. The summed E-state index contributed by atoms with van der Waals surface area (Å²) in [7, 11) is 5.14. The normalized spacial score (nSPS) is 29.4. The SMILES string of the molecule is CCOC(=O)OC.COc1ccc(C)c2c1O[C@H]1C(=O)CC[C@H]3C(C)N(C)CC[C@]213. The van der Waals surface area contributed by atoms with Crippen LogP contribution in [0.3, 0.4) is 0 Å². The van der Waals surface area contributed by atoms with Crippen molar-refractivity contribution in [2.75, 3.05) is 34.4 Å². The summed E-state index contributed by atoms with van der Waals surface area (Å²) in [6.45, 7) is 7.52. The van der Waals surface area contributed by atoms with Gasteiger partial charge in [-0.3, -0.25) is 4.79 Å². The summed E-state index contributed by atoms with van der Waals surface area (Å²) in [5, 5.41) is 0. The van der Waals surface area contributed by atoms with Crippen LogP contribution in [0.4, 0.5) is 4.79 Å². The van der Waals surface area contributed by atoms with Crippen molar-refractivity contribution in [2.24, 2.45) is 5.92 Å². The molecule has 2 fully saturated rings. The van der Waals surface area contributed by atoms with E-state index in [1.54, 1.807) is 14.0 Å². The van der Waals surface area contributed by atoms with Crippen LogP contribution in [0, 0.1) is 12.8 Å². The molecule has 0 amide bonds. The number of nitrogens with zero attached hydrogens (tertiary/aromatic N) is 1. The zero-order valence-electron chi connectivity index (χ0n) is 18.8. The molecule has 7 heteroatoms. The number of Topliss-reactive ketones (excluding diaryl/α,β-unsaturated/α-hetero) is 1. The lowest BCUT2D eigenvalue weighted by molar-refractivity contribution is -0.137. The highest BCUT2D eigenvalue weighted by molar-refractivity contribution is 5.88. The Morgan fingerprint density at radius 3 is 2.67 bits per heavy atom. The van der Waals surface area contributed by atoms with Gasteiger partial charge in [-0.25, -0.2) is 4.79 Å². The summed E-state index contributed by atoms with van der Waals surface area (Å²) in [6, 6.07) is 4.52. The molecule has 4 atom stereocenters. The first-order chi connectivity index (χ1) is 14.3. The van der Waals surface area contributed by atoms with E-state index in [9.17, 15) is 9.59 Å². The topological polar surface area (TPSA) is 74.3 Å². The Morgan fingerprint density at radius 1 is 1.33 bits per heavy atom. The molecule has 1 saturated carbocycles. The first-order valence-corrected chi connectivity index (χ1v) is 10.6. The Balaban J connectivity index is 0.000000318. The van der Waals surface area contributed by atoms with Gasteiger partial charge in [0.15, 0.2) is 23.4 Å². The Kier molecular flexibility index (Phi) is 6.60. The van der Waals surface area contributed by atoms with Gasteiger partial charge in [0.05, 0.1) is 20.8 Å². The number of likely N-dealkylation sites (tertiary alicyclic amines) is 1. The van der Waals surface area contributed by atoms with Crippen molar-refractivity contribution in [3.8, 4) is 11.5 Å². The molecule has 0 radical (unpaired) electrons. The highest BCUT2D eigenvalue weighted by atomic mass is 16.7. The molecule has 166 valence electrons. The molecule has 1 aromatic rings. The van der Waals surface area contributed by atoms with Gasteiger partial charge >= 0.3 is 6.16 Å². The van der Waals surface area contributed by atoms with Crippen LogP contribution in [-0.2, 0) is 19.7 Å². The quantitative estimate of drug-likeness (QED) is 0.679. The average Bonchev–Trinajstić information content (AvgIpc) is 3.09. The Morgan fingerprint density at radius 2 is 2.07 bits per heavy atom. The molecular weight excluding hydrogens is 386 g/mol. The van der Waals surface area contributed by atoms with Gasteiger partial charge in [0.1, 0.15) is 0 Å². The molecule has 30 heavy (non-hydrogen) atoms. The van der Waals surface area contributed by atoms with E-state index >= 15 is 0 Å². The van der Waals surface area contributed by atoms with Crippen LogP contribution in [-0.4, -0.2) is 63.4 Å². The second kappa shape index (κ2) is 8.84. The number of hydrogen-bond donors (Lipinski definition) is 0. The maximum absolute atomic E-state index is 12.7. The van der Waals surface area contributed by atoms with E-state index in [1.165, 1.54) is 18.2 Å². The van der Waals surface area contributed by atoms with Crippen LogP contribution < -0.4 is 9.47 Å². The third-order valence-corrected chi connectivity index (χ3v) is 6.96. The van der Waals surface area contributed by atoms with Gasteiger partial charge in [0.2, 0.25) is 0 Å². The molecule has 4 rings (SSSR count). The number of benzene rings is 1. The van der Waals surface area contributed by atoms with Crippen LogP contribution >= 0.6 is 0 Å². The number of carbonyl (C=O) groups is 2. The fourth-order valence-corrected chi connectivity index (χ4v) is 5.45. The molecule has 1 aromatic carbocycles. The fourth-order valence-electron chi connectivity index (χ4n) is 5.45. The van der Waals surface area contributed by atoms with Gasteiger partial charge in [0, 0.05) is 23.4 Å². The number of rotatable bonds is 2. The largest absolute Gasteiger partial charge is 0.507 e. The van der Waals surface area contributed by atoms with Gasteiger partial charge in [-0.1, -0.05) is 6.07 Å². The van der Waals surface area contributed by atoms with Crippen LogP contribution in [0.1, 0.15) is 44.2 Å². The number of methoxy groups -OCH3 is 2. The first-order valence-electron chi connectivity index (χ1n) is 10.6. The number of ether oxygens (including phenoxy) is 4. The maximum Gasteiger partial charge on any atom is 0.507 e. The molecule has 1 saturated heterocycles. The fraction of sp³-hybridized carbons (Fsp3) is 0.652. The lowest BCUT2D eigenvalue weighted by Gasteiger charge is -2.53. The first kappa shape index (κ1) is 22.4. The standard InChI is InChI=1S/C19H25NO3.C4H8O3/c1-11-5-8-15(22-4)17-16(11)19-9-10-20(3)12(2)13(19)6-7-14(21)18(19)23-17;1-3-7-4(5)6-2/h5,8,12-13,18H,6-7,9-10H2,1-4H3;3H2,1-2H3/t12?,13-,18-,19-;/m0./s1. The molecule has 2 heterocycles. The minimum absolute atomic E-state index is 0.171. The zero-order valence-corrected chi connectivity index (χ0v) is 18.8. The predicted octanol–water partition coefficient (Wildman–Crippen LogP) is 3.49. The predicted molar refractivity (Wildman–Crippen MR) is 112 cm³/mol. The number of fused-ring (bicyclic) bond motifs is 1. The zero-order chi connectivity index (χ0) is 22.1. The highest BCUT2D eigenvalue weighted by Gasteiger charge is 2.62. The van der Waals surface area contributed by atoms with Crippen molar-refractivity contribution in [3.63, 3.8) is 0 Å². The number of piperidine rings is 1. The van der Waals surface area contributed by atoms with Gasteiger partial charge in [-0.05, 0) is 64.8 Å². The molecule has 7 nitrogen and oxygen atoms in total. The van der Waals surface area contributed by atoms with Gasteiger partial charge < -0.3 is 23.8 Å². The summed E-state index contributed by atoms with van der Waals surface area (Å²) < 4.78 is 20.3. The molecule has 0 bridgehead atoms. The van der Waals surface area contributed by atoms with E-state index in [4.69, 9.17) is 9.47 Å². The lowest BCUT2D eigenvalue weighted by Crippen LogP contribution is -2.62. The van der Waals surface area contributed by atoms with Crippen molar-refractivity contribution >= 4 is 11.9 Å². The van der Waals surface area contributed by atoms with E-state index < -0.39 is 6.16 Å². The maximum atomic E-state index is 12.7. The second-order valence-corrected chi connectivity index (χ2v) is 8.30. The van der Waals surface area contributed by atoms with Crippen LogP contribution in [0.2, 0.25) is 0 Å². The molecule has 1 aliphatic carbocycles.